The van der Waals surface area contributed by atoms with Gasteiger partial charge in [0.1, 0.15) is 0 Å². The van der Waals surface area contributed by atoms with Gasteiger partial charge in [0.25, 0.3) is 10.0 Å². The van der Waals surface area contributed by atoms with E-state index >= 15 is 0 Å². The Morgan fingerprint density at radius 1 is 1.64 bits per heavy atom. The van der Waals surface area contributed by atoms with Crippen LogP contribution in [0.5, 0.6) is 0 Å². The predicted molar refractivity (Wildman–Crippen MR) is 48.0 cm³/mol. The van der Waals surface area contributed by atoms with Gasteiger partial charge in [-0.15, -0.1) is 0 Å². The van der Waals surface area contributed by atoms with Gasteiger partial charge in [-0.3, -0.25) is 0 Å². The van der Waals surface area contributed by atoms with Crippen LogP contribution in [0.4, 0.5) is 0 Å². The molecule has 1 aliphatic heterocycles. The summed E-state index contributed by atoms with van der Waals surface area (Å²) in [7, 11) is -3.47. The van der Waals surface area contributed by atoms with Crippen LogP contribution < -0.4 is 0 Å². The van der Waals surface area contributed by atoms with Crippen LogP contribution in [-0.4, -0.2) is 46.5 Å². The van der Waals surface area contributed by atoms with Gasteiger partial charge < -0.3 is 10.1 Å². The van der Waals surface area contributed by atoms with Crippen molar-refractivity contribution in [1.82, 2.24) is 14.3 Å². The molecule has 0 aromatic carbocycles. The van der Waals surface area contributed by atoms with E-state index in [1.54, 1.807) is 6.92 Å². The zero-order valence-electron chi connectivity index (χ0n) is 7.64. The monoisotopic (exact) mass is 217 g/mol. The summed E-state index contributed by atoms with van der Waals surface area (Å²) < 4.78 is 24.6. The van der Waals surface area contributed by atoms with E-state index in [0.29, 0.717) is 0 Å². The molecule has 0 aliphatic carbocycles. The molecule has 1 aromatic rings. The second-order valence-electron chi connectivity index (χ2n) is 3.69. The molecule has 1 aromatic heterocycles. The number of aliphatic hydroxyl groups is 1. The van der Waals surface area contributed by atoms with Gasteiger partial charge in [-0.1, -0.05) is 0 Å². The summed E-state index contributed by atoms with van der Waals surface area (Å²) in [6.45, 7) is 1.87. The first kappa shape index (κ1) is 9.63. The second-order valence-corrected chi connectivity index (χ2v) is 5.59. The van der Waals surface area contributed by atoms with Crippen LogP contribution >= 0.6 is 0 Å². The van der Waals surface area contributed by atoms with Crippen LogP contribution in [0.3, 0.4) is 0 Å². The van der Waals surface area contributed by atoms with Gasteiger partial charge >= 0.3 is 0 Å². The summed E-state index contributed by atoms with van der Waals surface area (Å²) in [5.74, 6) is 0. The Hall–Kier alpha value is -0.920. The first-order chi connectivity index (χ1) is 6.42. The van der Waals surface area contributed by atoms with E-state index in [0.717, 1.165) is 0 Å². The van der Waals surface area contributed by atoms with Crippen molar-refractivity contribution in [3.63, 3.8) is 0 Å². The van der Waals surface area contributed by atoms with Gasteiger partial charge in [-0.25, -0.2) is 13.4 Å². The number of aromatic amines is 1. The molecule has 6 nitrogen and oxygen atoms in total. The molecular weight excluding hydrogens is 206 g/mol. The number of hydrogen-bond donors (Lipinski definition) is 2. The molecule has 0 saturated carbocycles. The van der Waals surface area contributed by atoms with E-state index in [9.17, 15) is 13.5 Å². The highest BCUT2D eigenvalue weighted by atomic mass is 32.2. The SMILES string of the molecule is CC1(O)CN(S(=O)(=O)c2cnc[nH]2)C1. The van der Waals surface area contributed by atoms with Crippen molar-refractivity contribution in [1.29, 1.82) is 0 Å². The zero-order valence-corrected chi connectivity index (χ0v) is 8.45. The minimum Gasteiger partial charge on any atom is -0.387 e. The minimum absolute atomic E-state index is 0.0630. The Morgan fingerprint density at radius 3 is 2.71 bits per heavy atom. The lowest BCUT2D eigenvalue weighted by Crippen LogP contribution is -2.61. The van der Waals surface area contributed by atoms with Crippen molar-refractivity contribution >= 4 is 10.0 Å². The summed E-state index contributed by atoms with van der Waals surface area (Å²) in [6.07, 6.45) is 2.56. The molecule has 1 aliphatic rings. The van der Waals surface area contributed by atoms with Crippen LogP contribution in [0, 0.1) is 0 Å². The zero-order chi connectivity index (χ0) is 10.4. The highest BCUT2D eigenvalue weighted by Crippen LogP contribution is 2.26. The number of imidazole rings is 1. The number of sulfonamides is 1. The summed E-state index contributed by atoms with van der Waals surface area (Å²) in [5, 5.41) is 9.48. The lowest BCUT2D eigenvalue weighted by molar-refractivity contribution is -0.0427. The molecule has 0 atom stereocenters. The minimum atomic E-state index is -3.47. The number of nitrogens with one attached hydrogen (secondary N) is 1. The molecule has 2 rings (SSSR count). The lowest BCUT2D eigenvalue weighted by atomic mass is 10.0. The van der Waals surface area contributed by atoms with E-state index in [1.807, 2.05) is 0 Å². The maximum absolute atomic E-state index is 11.7. The summed E-state index contributed by atoms with van der Waals surface area (Å²) in [4.78, 5) is 6.17. The number of aromatic nitrogens is 2. The fourth-order valence-electron chi connectivity index (χ4n) is 1.41. The molecule has 78 valence electrons. The molecule has 0 unspecified atom stereocenters. The second kappa shape index (κ2) is 2.78. The number of rotatable bonds is 2. The number of β-amino-alcohol motifs (C(OH)–C–C–N with tert-alkyl or cyclic N) is 1. The largest absolute Gasteiger partial charge is 0.387 e. The Morgan fingerprint density at radius 2 is 2.29 bits per heavy atom. The Bertz CT molecular complexity index is 415. The fourth-order valence-corrected chi connectivity index (χ4v) is 2.98. The lowest BCUT2D eigenvalue weighted by Gasteiger charge is -2.42. The maximum Gasteiger partial charge on any atom is 0.260 e. The molecule has 1 fully saturated rings. The van der Waals surface area contributed by atoms with E-state index in [-0.39, 0.29) is 18.1 Å². The summed E-state index contributed by atoms with van der Waals surface area (Å²) in [6, 6.07) is 0. The number of H-pyrrole nitrogens is 1. The average molecular weight is 217 g/mol. The molecule has 2 heterocycles. The smallest absolute Gasteiger partial charge is 0.260 e. The van der Waals surface area contributed by atoms with Crippen molar-refractivity contribution in [2.75, 3.05) is 13.1 Å². The van der Waals surface area contributed by atoms with Crippen LogP contribution in [0.25, 0.3) is 0 Å². The highest BCUT2D eigenvalue weighted by molar-refractivity contribution is 7.89. The van der Waals surface area contributed by atoms with Crippen LogP contribution in [0.1, 0.15) is 6.92 Å². The van der Waals surface area contributed by atoms with Crippen LogP contribution in [0.15, 0.2) is 17.6 Å². The molecule has 14 heavy (non-hydrogen) atoms. The van der Waals surface area contributed by atoms with Gasteiger partial charge in [0.15, 0.2) is 5.03 Å². The standard InChI is InChI=1S/C7H11N3O3S/c1-7(11)3-10(4-7)14(12,13)6-2-8-5-9-6/h2,5,11H,3-4H2,1H3,(H,8,9). The van der Waals surface area contributed by atoms with Gasteiger partial charge in [0.05, 0.1) is 18.1 Å². The van der Waals surface area contributed by atoms with Crippen molar-refractivity contribution in [2.24, 2.45) is 0 Å². The van der Waals surface area contributed by atoms with Gasteiger partial charge in [-0.05, 0) is 6.92 Å². The first-order valence-electron chi connectivity index (χ1n) is 4.13. The van der Waals surface area contributed by atoms with Crippen LogP contribution in [0.2, 0.25) is 0 Å². The molecule has 0 spiro atoms. The molecule has 1 saturated heterocycles. The van der Waals surface area contributed by atoms with Gasteiger partial charge in [-0.2, -0.15) is 4.31 Å². The summed E-state index contributed by atoms with van der Waals surface area (Å²) in [5.41, 5.74) is -0.896. The quantitative estimate of drug-likeness (QED) is 0.676. The molecule has 0 amide bonds. The van der Waals surface area contributed by atoms with Crippen molar-refractivity contribution in [2.45, 2.75) is 17.6 Å². The van der Waals surface area contributed by atoms with Crippen molar-refractivity contribution in [3.8, 4) is 0 Å². The number of nitrogens with zero attached hydrogens (tertiary/aromatic N) is 2. The first-order valence-corrected chi connectivity index (χ1v) is 5.57. The van der Waals surface area contributed by atoms with Crippen LogP contribution in [-0.2, 0) is 10.0 Å². The normalized spacial score (nSPS) is 21.9. The Balaban J connectivity index is 2.21. The molecule has 2 N–H and O–H groups in total. The van der Waals surface area contributed by atoms with E-state index in [4.69, 9.17) is 0 Å². The van der Waals surface area contributed by atoms with Crippen molar-refractivity contribution in [3.05, 3.63) is 12.5 Å². The fraction of sp³-hybridized carbons (Fsp3) is 0.571. The third-order valence-electron chi connectivity index (χ3n) is 2.12. The molecule has 7 heteroatoms. The Labute approximate surface area is 81.6 Å². The van der Waals surface area contributed by atoms with E-state index < -0.39 is 15.6 Å². The average Bonchev–Trinajstić information content (AvgIpc) is 2.51. The van der Waals surface area contributed by atoms with E-state index in [2.05, 4.69) is 9.97 Å². The molecule has 0 bridgehead atoms. The maximum atomic E-state index is 11.7. The van der Waals surface area contributed by atoms with Gasteiger partial charge in [0, 0.05) is 13.1 Å². The molecular formula is C7H11N3O3S. The highest BCUT2D eigenvalue weighted by Gasteiger charge is 2.44. The topological polar surface area (TPSA) is 86.3 Å². The van der Waals surface area contributed by atoms with E-state index in [1.165, 1.54) is 16.8 Å². The summed E-state index contributed by atoms with van der Waals surface area (Å²) >= 11 is 0. The van der Waals surface area contributed by atoms with Crippen molar-refractivity contribution < 1.29 is 13.5 Å². The third-order valence-corrected chi connectivity index (χ3v) is 3.84. The molecule has 0 radical (unpaired) electrons. The van der Waals surface area contributed by atoms with Gasteiger partial charge in [0.2, 0.25) is 0 Å². The number of hydrogen-bond acceptors (Lipinski definition) is 4. The Kier molecular flexibility index (Phi) is 1.91. The predicted octanol–water partition coefficient (Wildman–Crippen LogP) is -0.835. The third kappa shape index (κ3) is 1.43.